The predicted octanol–water partition coefficient (Wildman–Crippen LogP) is 2.54. The number of benzene rings is 1. The van der Waals surface area contributed by atoms with E-state index >= 15 is 0 Å². The summed E-state index contributed by atoms with van der Waals surface area (Å²) >= 11 is 1.40. The van der Waals surface area contributed by atoms with E-state index < -0.39 is 5.54 Å². The van der Waals surface area contributed by atoms with Crippen molar-refractivity contribution >= 4 is 23.2 Å². The molecule has 0 spiro atoms. The van der Waals surface area contributed by atoms with Gasteiger partial charge in [-0.25, -0.2) is 0 Å². The maximum absolute atomic E-state index is 12.8. The molecule has 1 aliphatic heterocycles. The summed E-state index contributed by atoms with van der Waals surface area (Å²) < 4.78 is 5.42. The average molecular weight is 368 g/mol. The molecular weight excluding hydrogens is 348 g/mol. The number of morpholine rings is 1. The molecule has 0 radical (unpaired) electrons. The van der Waals surface area contributed by atoms with Crippen LogP contribution in [0.5, 0.6) is 0 Å². The van der Waals surface area contributed by atoms with E-state index in [1.54, 1.807) is 23.1 Å². The molecule has 1 fully saturated rings. The minimum atomic E-state index is -0.733. The highest BCUT2D eigenvalue weighted by molar-refractivity contribution is 7.12. The topological polar surface area (TPSA) is 58.6 Å². The summed E-state index contributed by atoms with van der Waals surface area (Å²) in [4.78, 5) is 27.1. The normalized spacial score (nSPS) is 19.6. The molecule has 1 aromatic carbocycles. The van der Waals surface area contributed by atoms with E-state index in [0.717, 1.165) is 5.56 Å². The minimum Gasteiger partial charge on any atom is -0.376 e. The summed E-state index contributed by atoms with van der Waals surface area (Å²) in [7, 11) is 0. The molecule has 1 atom stereocenters. The maximum atomic E-state index is 12.8. The van der Waals surface area contributed by atoms with E-state index in [9.17, 15) is 9.59 Å². The Morgan fingerprint density at radius 1 is 1.35 bits per heavy atom. The fraction of sp³-hybridized carbons (Fsp3) is 0.300. The van der Waals surface area contributed by atoms with Gasteiger partial charge in [-0.3, -0.25) is 9.59 Å². The Balaban J connectivity index is 1.64. The lowest BCUT2D eigenvalue weighted by Gasteiger charge is -2.41. The second kappa shape index (κ2) is 7.73. The zero-order valence-electron chi connectivity index (χ0n) is 14.5. The first-order valence-corrected chi connectivity index (χ1v) is 9.19. The number of nitrogens with one attached hydrogen (secondary N) is 1. The smallest absolute Gasteiger partial charge is 0.261 e. The maximum Gasteiger partial charge on any atom is 0.261 e. The zero-order chi connectivity index (χ0) is 18.6. The molecule has 26 heavy (non-hydrogen) atoms. The predicted molar refractivity (Wildman–Crippen MR) is 101 cm³/mol. The fourth-order valence-corrected chi connectivity index (χ4v) is 3.43. The number of amides is 2. The summed E-state index contributed by atoms with van der Waals surface area (Å²) in [5.74, 6) is 2.46. The molecule has 3 rings (SSSR count). The molecule has 2 aromatic rings. The van der Waals surface area contributed by atoms with Gasteiger partial charge in [0.1, 0.15) is 5.54 Å². The van der Waals surface area contributed by atoms with Crippen molar-refractivity contribution < 1.29 is 14.3 Å². The lowest BCUT2D eigenvalue weighted by atomic mass is 9.99. The number of thiophene rings is 1. The van der Waals surface area contributed by atoms with E-state index in [1.165, 1.54) is 11.3 Å². The molecule has 1 aliphatic rings. The lowest BCUT2D eigenvalue weighted by molar-refractivity contribution is -0.0212. The van der Waals surface area contributed by atoms with Crippen molar-refractivity contribution in [1.82, 2.24) is 10.2 Å². The van der Waals surface area contributed by atoms with Crippen LogP contribution in [0.25, 0.3) is 0 Å². The first kappa shape index (κ1) is 18.2. The molecule has 0 saturated carbocycles. The molecule has 1 N–H and O–H groups in total. The average Bonchev–Trinajstić information content (AvgIpc) is 3.21. The summed E-state index contributed by atoms with van der Waals surface area (Å²) in [6.45, 7) is 3.53. The Hall–Kier alpha value is -2.62. The third kappa shape index (κ3) is 3.79. The van der Waals surface area contributed by atoms with E-state index in [4.69, 9.17) is 11.2 Å². The van der Waals surface area contributed by atoms with Crippen LogP contribution in [0.1, 0.15) is 32.5 Å². The van der Waals surface area contributed by atoms with Crippen molar-refractivity contribution in [3.8, 4) is 12.3 Å². The molecule has 1 unspecified atom stereocenters. The van der Waals surface area contributed by atoms with E-state index in [1.807, 2.05) is 30.5 Å². The van der Waals surface area contributed by atoms with Crippen LogP contribution in [0, 0.1) is 12.3 Å². The summed E-state index contributed by atoms with van der Waals surface area (Å²) in [6.07, 6.45) is 5.61. The molecule has 5 nitrogen and oxygen atoms in total. The number of rotatable bonds is 4. The van der Waals surface area contributed by atoms with Gasteiger partial charge in [0.25, 0.3) is 11.8 Å². The third-order valence-corrected chi connectivity index (χ3v) is 5.26. The van der Waals surface area contributed by atoms with Crippen LogP contribution < -0.4 is 5.32 Å². The van der Waals surface area contributed by atoms with Crippen LogP contribution in [-0.2, 0) is 11.3 Å². The summed E-state index contributed by atoms with van der Waals surface area (Å²) in [6, 6.07) is 10.8. The van der Waals surface area contributed by atoms with Gasteiger partial charge in [0.15, 0.2) is 0 Å². The monoisotopic (exact) mass is 368 g/mol. The van der Waals surface area contributed by atoms with E-state index in [0.29, 0.717) is 36.7 Å². The minimum absolute atomic E-state index is 0.0988. The molecule has 0 bridgehead atoms. The van der Waals surface area contributed by atoms with Gasteiger partial charge < -0.3 is 15.0 Å². The van der Waals surface area contributed by atoms with Crippen LogP contribution in [0.4, 0.5) is 0 Å². The summed E-state index contributed by atoms with van der Waals surface area (Å²) in [5, 5.41) is 4.73. The highest BCUT2D eigenvalue weighted by Crippen LogP contribution is 2.22. The fourth-order valence-electron chi connectivity index (χ4n) is 2.79. The van der Waals surface area contributed by atoms with Gasteiger partial charge in [-0.1, -0.05) is 24.1 Å². The Kier molecular flexibility index (Phi) is 5.40. The van der Waals surface area contributed by atoms with Gasteiger partial charge in [-0.05, 0) is 36.1 Å². The van der Waals surface area contributed by atoms with Crippen LogP contribution >= 0.6 is 11.3 Å². The van der Waals surface area contributed by atoms with Crippen molar-refractivity contribution in [1.29, 1.82) is 0 Å². The highest BCUT2D eigenvalue weighted by Gasteiger charge is 2.37. The molecule has 134 valence electrons. The Bertz CT molecular complexity index is 824. The van der Waals surface area contributed by atoms with Crippen molar-refractivity contribution in [3.63, 3.8) is 0 Å². The standard InChI is InChI=1S/C20H20N2O3S/c1-3-20(2)14-25-11-10-22(20)19(24)16-8-6-15(7-9-16)13-21-18(23)17-5-4-12-26-17/h1,4-9,12H,10-11,13-14H2,2H3,(H,21,23). The number of ether oxygens (including phenoxy) is 1. The van der Waals surface area contributed by atoms with Gasteiger partial charge in [0.05, 0.1) is 18.1 Å². The van der Waals surface area contributed by atoms with E-state index in [-0.39, 0.29) is 11.8 Å². The van der Waals surface area contributed by atoms with Crippen molar-refractivity contribution in [2.45, 2.75) is 19.0 Å². The van der Waals surface area contributed by atoms with Crippen LogP contribution in [-0.4, -0.2) is 42.0 Å². The van der Waals surface area contributed by atoms with Crippen LogP contribution in [0.2, 0.25) is 0 Å². The molecule has 2 heterocycles. The van der Waals surface area contributed by atoms with Crippen LogP contribution in [0.15, 0.2) is 41.8 Å². The van der Waals surface area contributed by atoms with Gasteiger partial charge in [0, 0.05) is 18.7 Å². The van der Waals surface area contributed by atoms with Gasteiger partial charge >= 0.3 is 0 Å². The first-order valence-electron chi connectivity index (χ1n) is 8.31. The SMILES string of the molecule is C#CC1(C)COCCN1C(=O)c1ccc(CNC(=O)c2cccs2)cc1. The number of terminal acetylenes is 1. The van der Waals surface area contributed by atoms with E-state index in [2.05, 4.69) is 11.2 Å². The van der Waals surface area contributed by atoms with Crippen molar-refractivity contribution in [2.75, 3.05) is 19.8 Å². The zero-order valence-corrected chi connectivity index (χ0v) is 15.3. The van der Waals surface area contributed by atoms with Crippen molar-refractivity contribution in [3.05, 3.63) is 57.8 Å². The number of hydrogen-bond donors (Lipinski definition) is 1. The lowest BCUT2D eigenvalue weighted by Crippen LogP contribution is -2.56. The second-order valence-electron chi connectivity index (χ2n) is 6.28. The first-order chi connectivity index (χ1) is 12.5. The molecular formula is C20H20N2O3S. The number of carbonyl (C=O) groups excluding carboxylic acids is 2. The number of nitrogens with zero attached hydrogens (tertiary/aromatic N) is 1. The Labute approximate surface area is 157 Å². The number of carbonyl (C=O) groups is 2. The molecule has 1 aromatic heterocycles. The Morgan fingerprint density at radius 3 is 2.77 bits per heavy atom. The quantitative estimate of drug-likeness (QED) is 0.844. The van der Waals surface area contributed by atoms with Gasteiger partial charge in [-0.2, -0.15) is 0 Å². The number of hydrogen-bond acceptors (Lipinski definition) is 4. The second-order valence-corrected chi connectivity index (χ2v) is 7.23. The van der Waals surface area contributed by atoms with Gasteiger partial charge in [-0.15, -0.1) is 17.8 Å². The van der Waals surface area contributed by atoms with Crippen molar-refractivity contribution in [2.24, 2.45) is 0 Å². The molecule has 0 aliphatic carbocycles. The summed E-state index contributed by atoms with van der Waals surface area (Å²) in [5.41, 5.74) is 0.762. The third-order valence-electron chi connectivity index (χ3n) is 4.39. The molecule has 2 amide bonds. The molecule has 1 saturated heterocycles. The van der Waals surface area contributed by atoms with Crippen LogP contribution in [0.3, 0.4) is 0 Å². The largest absolute Gasteiger partial charge is 0.376 e. The highest BCUT2D eigenvalue weighted by atomic mass is 32.1. The Morgan fingerprint density at radius 2 is 2.12 bits per heavy atom. The van der Waals surface area contributed by atoms with Gasteiger partial charge in [0.2, 0.25) is 0 Å². The molecule has 6 heteroatoms.